The lowest BCUT2D eigenvalue weighted by Crippen LogP contribution is -2.23. The van der Waals surface area contributed by atoms with Crippen LogP contribution in [0.3, 0.4) is 0 Å². The number of rotatable bonds is 5. The van der Waals surface area contributed by atoms with E-state index in [1.165, 1.54) is 11.3 Å². The third-order valence-corrected chi connectivity index (χ3v) is 4.02. The Hall–Kier alpha value is -0.550. The van der Waals surface area contributed by atoms with Gasteiger partial charge in [-0.2, -0.15) is 5.10 Å². The van der Waals surface area contributed by atoms with Crippen LogP contribution in [0.1, 0.15) is 18.5 Å². The number of nitrogens with one attached hydrogen (secondary N) is 1. The first kappa shape index (κ1) is 12.9. The van der Waals surface area contributed by atoms with E-state index in [0.717, 1.165) is 27.3 Å². The summed E-state index contributed by atoms with van der Waals surface area (Å²) in [5.41, 5.74) is 1.06. The number of halogens is 2. The van der Waals surface area contributed by atoms with Crippen molar-refractivity contribution < 1.29 is 0 Å². The lowest BCUT2D eigenvalue weighted by Gasteiger charge is -2.13. The summed E-state index contributed by atoms with van der Waals surface area (Å²) >= 11 is 13.4. The summed E-state index contributed by atoms with van der Waals surface area (Å²) in [6.07, 6.45) is 3.72. The van der Waals surface area contributed by atoms with E-state index in [1.54, 1.807) is 6.20 Å². The van der Waals surface area contributed by atoms with Crippen LogP contribution in [0.5, 0.6) is 0 Å². The quantitative estimate of drug-likeness (QED) is 0.911. The highest BCUT2D eigenvalue weighted by molar-refractivity contribution is 7.20. The molecule has 1 atom stereocenters. The van der Waals surface area contributed by atoms with Crippen LogP contribution in [-0.2, 0) is 6.54 Å². The van der Waals surface area contributed by atoms with E-state index in [-0.39, 0.29) is 6.04 Å². The monoisotopic (exact) mass is 289 g/mol. The Bertz CT molecular complexity index is 467. The molecule has 2 rings (SSSR count). The zero-order chi connectivity index (χ0) is 12.3. The summed E-state index contributed by atoms with van der Waals surface area (Å²) in [7, 11) is 0. The van der Waals surface area contributed by atoms with Gasteiger partial charge in [0.2, 0.25) is 0 Å². The fourth-order valence-electron chi connectivity index (χ4n) is 1.59. The standard InChI is InChI=1S/C11H13Cl2N3S/c1-8(9-7-10(12)17-11(9)13)14-4-6-16-5-2-3-15-16/h2-3,5,7-8,14H,4,6H2,1H3. The molecule has 0 amide bonds. The van der Waals surface area contributed by atoms with Crippen molar-refractivity contribution in [3.05, 3.63) is 38.8 Å². The minimum absolute atomic E-state index is 0.196. The maximum Gasteiger partial charge on any atom is 0.0991 e. The maximum absolute atomic E-state index is 6.09. The molecular weight excluding hydrogens is 277 g/mol. The molecule has 0 spiro atoms. The Kier molecular flexibility index (Phi) is 4.45. The van der Waals surface area contributed by atoms with E-state index in [2.05, 4.69) is 17.3 Å². The van der Waals surface area contributed by atoms with Crippen LogP contribution in [0.2, 0.25) is 8.67 Å². The van der Waals surface area contributed by atoms with Gasteiger partial charge in [-0.05, 0) is 24.6 Å². The average molecular weight is 290 g/mol. The number of hydrogen-bond donors (Lipinski definition) is 1. The van der Waals surface area contributed by atoms with Crippen molar-refractivity contribution in [2.45, 2.75) is 19.5 Å². The molecule has 0 aliphatic carbocycles. The summed E-state index contributed by atoms with van der Waals surface area (Å²) < 4.78 is 3.38. The average Bonchev–Trinajstić information content (AvgIpc) is 2.88. The molecule has 0 aromatic carbocycles. The van der Waals surface area contributed by atoms with Gasteiger partial charge < -0.3 is 5.32 Å². The van der Waals surface area contributed by atoms with Gasteiger partial charge >= 0.3 is 0 Å². The molecule has 0 aliphatic rings. The van der Waals surface area contributed by atoms with E-state index in [0.29, 0.717) is 0 Å². The van der Waals surface area contributed by atoms with Gasteiger partial charge in [0.05, 0.1) is 15.2 Å². The minimum Gasteiger partial charge on any atom is -0.308 e. The Morgan fingerprint density at radius 2 is 2.35 bits per heavy atom. The van der Waals surface area contributed by atoms with Crippen molar-refractivity contribution in [3.8, 4) is 0 Å². The summed E-state index contributed by atoms with van der Waals surface area (Å²) in [4.78, 5) is 0. The van der Waals surface area contributed by atoms with Crippen LogP contribution in [0.25, 0.3) is 0 Å². The van der Waals surface area contributed by atoms with Crippen LogP contribution >= 0.6 is 34.5 Å². The molecule has 2 heterocycles. The number of hydrogen-bond acceptors (Lipinski definition) is 3. The van der Waals surface area contributed by atoms with Crippen molar-refractivity contribution in [2.24, 2.45) is 0 Å². The smallest absolute Gasteiger partial charge is 0.0991 e. The molecule has 1 unspecified atom stereocenters. The molecule has 1 N–H and O–H groups in total. The van der Waals surface area contributed by atoms with Gasteiger partial charge in [-0.15, -0.1) is 11.3 Å². The van der Waals surface area contributed by atoms with Gasteiger partial charge in [-0.1, -0.05) is 23.2 Å². The van der Waals surface area contributed by atoms with Crippen LogP contribution in [-0.4, -0.2) is 16.3 Å². The van der Waals surface area contributed by atoms with Crippen molar-refractivity contribution >= 4 is 34.5 Å². The summed E-state index contributed by atoms with van der Waals surface area (Å²) in [6, 6.07) is 4.03. The van der Waals surface area contributed by atoms with E-state index >= 15 is 0 Å². The lowest BCUT2D eigenvalue weighted by molar-refractivity contribution is 0.508. The largest absolute Gasteiger partial charge is 0.308 e. The molecule has 17 heavy (non-hydrogen) atoms. The summed E-state index contributed by atoms with van der Waals surface area (Å²) in [5.74, 6) is 0. The van der Waals surface area contributed by atoms with Crippen LogP contribution in [0.4, 0.5) is 0 Å². The van der Waals surface area contributed by atoms with Crippen molar-refractivity contribution in [1.82, 2.24) is 15.1 Å². The van der Waals surface area contributed by atoms with Gasteiger partial charge in [0, 0.05) is 25.0 Å². The number of aromatic nitrogens is 2. The first-order chi connectivity index (χ1) is 8.16. The predicted molar refractivity (Wildman–Crippen MR) is 73.0 cm³/mol. The fourth-order valence-corrected chi connectivity index (χ4v) is 3.23. The highest BCUT2D eigenvalue weighted by atomic mass is 35.5. The lowest BCUT2D eigenvalue weighted by atomic mass is 10.2. The van der Waals surface area contributed by atoms with E-state index < -0.39 is 0 Å². The van der Waals surface area contributed by atoms with Gasteiger partial charge in [-0.3, -0.25) is 4.68 Å². The van der Waals surface area contributed by atoms with Crippen LogP contribution < -0.4 is 5.32 Å². The van der Waals surface area contributed by atoms with Gasteiger partial charge in [-0.25, -0.2) is 0 Å². The molecular formula is C11H13Cl2N3S. The van der Waals surface area contributed by atoms with Crippen molar-refractivity contribution in [1.29, 1.82) is 0 Å². The second kappa shape index (κ2) is 5.87. The predicted octanol–water partition coefficient (Wildman–Crippen LogP) is 3.60. The van der Waals surface area contributed by atoms with Gasteiger partial charge in [0.25, 0.3) is 0 Å². The zero-order valence-electron chi connectivity index (χ0n) is 9.36. The second-order valence-electron chi connectivity index (χ2n) is 3.72. The molecule has 2 aromatic heterocycles. The van der Waals surface area contributed by atoms with Gasteiger partial charge in [0.15, 0.2) is 0 Å². The number of thiophene rings is 1. The molecule has 0 saturated carbocycles. The zero-order valence-corrected chi connectivity index (χ0v) is 11.7. The minimum atomic E-state index is 0.196. The Balaban J connectivity index is 1.85. The topological polar surface area (TPSA) is 29.9 Å². The first-order valence-corrected chi connectivity index (χ1v) is 6.89. The van der Waals surface area contributed by atoms with Crippen LogP contribution in [0.15, 0.2) is 24.5 Å². The summed E-state index contributed by atoms with van der Waals surface area (Å²) in [6.45, 7) is 3.76. The molecule has 0 bridgehead atoms. The molecule has 2 aromatic rings. The molecule has 0 aliphatic heterocycles. The molecule has 3 nitrogen and oxygen atoms in total. The van der Waals surface area contributed by atoms with Gasteiger partial charge in [0.1, 0.15) is 0 Å². The normalized spacial score (nSPS) is 12.9. The number of nitrogens with zero attached hydrogens (tertiary/aromatic N) is 2. The van der Waals surface area contributed by atoms with E-state index in [1.807, 2.05) is 23.0 Å². The fraction of sp³-hybridized carbons (Fsp3) is 0.364. The third-order valence-electron chi connectivity index (χ3n) is 2.50. The van der Waals surface area contributed by atoms with E-state index in [4.69, 9.17) is 23.2 Å². The molecule has 0 saturated heterocycles. The maximum atomic E-state index is 6.09. The first-order valence-electron chi connectivity index (χ1n) is 5.32. The second-order valence-corrected chi connectivity index (χ2v) is 6.01. The Morgan fingerprint density at radius 1 is 1.53 bits per heavy atom. The molecule has 92 valence electrons. The van der Waals surface area contributed by atoms with E-state index in [9.17, 15) is 0 Å². The highest BCUT2D eigenvalue weighted by Gasteiger charge is 2.12. The molecule has 0 radical (unpaired) electrons. The van der Waals surface area contributed by atoms with Crippen molar-refractivity contribution in [2.75, 3.05) is 6.54 Å². The van der Waals surface area contributed by atoms with Crippen molar-refractivity contribution in [3.63, 3.8) is 0 Å². The summed E-state index contributed by atoms with van der Waals surface area (Å²) in [5, 5.41) is 7.53. The molecule has 0 fully saturated rings. The SMILES string of the molecule is CC(NCCn1cccn1)c1cc(Cl)sc1Cl. The Labute approximate surface area is 114 Å². The van der Waals surface area contributed by atoms with Crippen LogP contribution in [0, 0.1) is 0 Å². The highest BCUT2D eigenvalue weighted by Crippen LogP contribution is 2.34. The Morgan fingerprint density at radius 3 is 2.94 bits per heavy atom. The third kappa shape index (κ3) is 3.45. The molecule has 6 heteroatoms.